The van der Waals surface area contributed by atoms with Crippen molar-refractivity contribution >= 4 is 28.8 Å². The first-order valence-corrected chi connectivity index (χ1v) is 6.15. The summed E-state index contributed by atoms with van der Waals surface area (Å²) in [5.74, 6) is 0.883. The van der Waals surface area contributed by atoms with E-state index in [-0.39, 0.29) is 0 Å². The Hall–Kier alpha value is -1.13. The lowest BCUT2D eigenvalue weighted by Gasteiger charge is -2.18. The maximum Gasteiger partial charge on any atom is 0.224 e. The minimum atomic E-state index is 0.290. The van der Waals surface area contributed by atoms with Gasteiger partial charge in [-0.1, -0.05) is 6.07 Å². The summed E-state index contributed by atoms with van der Waals surface area (Å²) in [5, 5.41) is 2.36. The molecule has 0 aliphatic rings. The van der Waals surface area contributed by atoms with Crippen LogP contribution in [0.1, 0.15) is 10.4 Å². The first kappa shape index (κ1) is 11.4. The highest BCUT2D eigenvalue weighted by Gasteiger charge is 2.08. The zero-order chi connectivity index (χ0) is 11.5. The first-order valence-electron chi connectivity index (χ1n) is 4.89. The van der Waals surface area contributed by atoms with Gasteiger partial charge < -0.3 is 4.90 Å². The van der Waals surface area contributed by atoms with Crippen molar-refractivity contribution in [2.45, 2.75) is 13.5 Å². The molecule has 0 amide bonds. The standard InChI is InChI=1S/C11H12ClN3S/c1-8-6-13-11(12)14-10(8)15(2)7-9-4-3-5-16-9/h3-6H,7H2,1-2H3. The normalized spacial score (nSPS) is 10.4. The Morgan fingerprint density at radius 2 is 2.31 bits per heavy atom. The molecule has 2 heterocycles. The number of hydrogen-bond donors (Lipinski definition) is 0. The van der Waals surface area contributed by atoms with Gasteiger partial charge in [0, 0.05) is 23.7 Å². The van der Waals surface area contributed by atoms with Crippen LogP contribution in [-0.4, -0.2) is 17.0 Å². The SMILES string of the molecule is Cc1cnc(Cl)nc1N(C)Cc1cccs1. The lowest BCUT2D eigenvalue weighted by Crippen LogP contribution is -2.18. The smallest absolute Gasteiger partial charge is 0.224 e. The molecule has 0 atom stereocenters. The quantitative estimate of drug-likeness (QED) is 0.787. The summed E-state index contributed by atoms with van der Waals surface area (Å²) in [6.07, 6.45) is 1.75. The average Bonchev–Trinajstić information content (AvgIpc) is 2.74. The molecule has 3 nitrogen and oxygen atoms in total. The minimum absolute atomic E-state index is 0.290. The fourth-order valence-corrected chi connectivity index (χ4v) is 2.40. The first-order chi connectivity index (χ1) is 7.66. The zero-order valence-corrected chi connectivity index (χ0v) is 10.7. The lowest BCUT2D eigenvalue weighted by atomic mass is 10.3. The number of thiophene rings is 1. The second-order valence-corrected chi connectivity index (χ2v) is 4.95. The van der Waals surface area contributed by atoms with Crippen molar-refractivity contribution in [3.63, 3.8) is 0 Å². The molecule has 0 aliphatic carbocycles. The third kappa shape index (κ3) is 2.51. The number of aryl methyl sites for hydroxylation is 1. The number of rotatable bonds is 3. The van der Waals surface area contributed by atoms with E-state index in [1.807, 2.05) is 20.0 Å². The third-order valence-electron chi connectivity index (χ3n) is 2.25. The Morgan fingerprint density at radius 1 is 1.50 bits per heavy atom. The molecule has 0 aromatic carbocycles. The molecular formula is C11H12ClN3S. The largest absolute Gasteiger partial charge is 0.354 e. The number of halogens is 1. The zero-order valence-electron chi connectivity index (χ0n) is 9.14. The highest BCUT2D eigenvalue weighted by Crippen LogP contribution is 2.20. The van der Waals surface area contributed by atoms with Crippen LogP contribution in [0, 0.1) is 6.92 Å². The summed E-state index contributed by atoms with van der Waals surface area (Å²) in [4.78, 5) is 11.6. The van der Waals surface area contributed by atoms with Gasteiger partial charge in [0.15, 0.2) is 0 Å². The summed E-state index contributed by atoms with van der Waals surface area (Å²) in [7, 11) is 2.01. The molecule has 5 heteroatoms. The molecule has 2 aromatic heterocycles. The van der Waals surface area contributed by atoms with Crippen molar-refractivity contribution in [3.05, 3.63) is 39.4 Å². The van der Waals surface area contributed by atoms with Crippen molar-refractivity contribution in [1.29, 1.82) is 0 Å². The molecule has 0 unspecified atom stereocenters. The molecule has 0 bridgehead atoms. The van der Waals surface area contributed by atoms with Crippen molar-refractivity contribution in [2.24, 2.45) is 0 Å². The van der Waals surface area contributed by atoms with E-state index in [9.17, 15) is 0 Å². The van der Waals surface area contributed by atoms with Crippen LogP contribution in [0.3, 0.4) is 0 Å². The lowest BCUT2D eigenvalue weighted by molar-refractivity contribution is 0.895. The molecule has 0 aliphatic heterocycles. The Kier molecular flexibility index (Phi) is 3.41. The minimum Gasteiger partial charge on any atom is -0.354 e. The molecule has 0 fully saturated rings. The second-order valence-electron chi connectivity index (χ2n) is 3.58. The van der Waals surface area contributed by atoms with Crippen LogP contribution in [0.2, 0.25) is 5.28 Å². The number of hydrogen-bond acceptors (Lipinski definition) is 4. The number of anilines is 1. The average molecular weight is 254 g/mol. The second kappa shape index (κ2) is 4.80. The van der Waals surface area contributed by atoms with Gasteiger partial charge in [0.2, 0.25) is 5.28 Å². The molecule has 0 N–H and O–H groups in total. The van der Waals surface area contributed by atoms with Crippen LogP contribution in [0.15, 0.2) is 23.7 Å². The molecule has 0 saturated heterocycles. The van der Waals surface area contributed by atoms with Crippen molar-refractivity contribution in [2.75, 3.05) is 11.9 Å². The highest BCUT2D eigenvalue weighted by molar-refractivity contribution is 7.09. The highest BCUT2D eigenvalue weighted by atomic mass is 35.5. The molecule has 0 saturated carbocycles. The van der Waals surface area contributed by atoms with Gasteiger partial charge in [-0.15, -0.1) is 11.3 Å². The Morgan fingerprint density at radius 3 is 3.00 bits per heavy atom. The summed E-state index contributed by atoms with van der Waals surface area (Å²) < 4.78 is 0. The van der Waals surface area contributed by atoms with Gasteiger partial charge in [-0.3, -0.25) is 0 Å². The van der Waals surface area contributed by atoms with Gasteiger partial charge in [-0.25, -0.2) is 9.97 Å². The molecule has 0 spiro atoms. The van der Waals surface area contributed by atoms with Gasteiger partial charge in [0.1, 0.15) is 5.82 Å². The van der Waals surface area contributed by atoms with Crippen LogP contribution in [0.25, 0.3) is 0 Å². The summed E-state index contributed by atoms with van der Waals surface area (Å²) >= 11 is 7.53. The Labute approximate surface area is 104 Å². The summed E-state index contributed by atoms with van der Waals surface area (Å²) in [6.45, 7) is 2.82. The molecule has 2 aromatic rings. The van der Waals surface area contributed by atoms with E-state index in [0.717, 1.165) is 17.9 Å². The van der Waals surface area contributed by atoms with Crippen LogP contribution >= 0.6 is 22.9 Å². The van der Waals surface area contributed by atoms with Gasteiger partial charge in [0.05, 0.1) is 6.54 Å². The number of aromatic nitrogens is 2. The van der Waals surface area contributed by atoms with Crippen LogP contribution in [0.4, 0.5) is 5.82 Å². The van der Waals surface area contributed by atoms with E-state index >= 15 is 0 Å². The molecule has 84 valence electrons. The summed E-state index contributed by atoms with van der Waals surface area (Å²) in [6, 6.07) is 4.16. The molecule has 2 rings (SSSR count). The molecular weight excluding hydrogens is 242 g/mol. The van der Waals surface area contributed by atoms with E-state index in [1.54, 1.807) is 17.5 Å². The van der Waals surface area contributed by atoms with Gasteiger partial charge in [0.25, 0.3) is 0 Å². The van der Waals surface area contributed by atoms with Crippen molar-refractivity contribution in [1.82, 2.24) is 9.97 Å². The fraction of sp³-hybridized carbons (Fsp3) is 0.273. The van der Waals surface area contributed by atoms with Gasteiger partial charge in [-0.05, 0) is 30.0 Å². The van der Waals surface area contributed by atoms with E-state index in [2.05, 4.69) is 26.3 Å². The van der Waals surface area contributed by atoms with Gasteiger partial charge in [-0.2, -0.15) is 0 Å². The van der Waals surface area contributed by atoms with E-state index in [4.69, 9.17) is 11.6 Å². The Balaban J connectivity index is 2.20. The molecule has 16 heavy (non-hydrogen) atoms. The predicted octanol–water partition coefficient (Wildman–Crippen LogP) is 3.14. The van der Waals surface area contributed by atoms with Crippen LogP contribution in [-0.2, 0) is 6.54 Å². The van der Waals surface area contributed by atoms with Crippen LogP contribution in [0.5, 0.6) is 0 Å². The maximum atomic E-state index is 5.80. The Bertz CT molecular complexity index is 470. The third-order valence-corrected chi connectivity index (χ3v) is 3.29. The van der Waals surface area contributed by atoms with E-state index < -0.39 is 0 Å². The maximum absolute atomic E-state index is 5.80. The predicted molar refractivity (Wildman–Crippen MR) is 68.2 cm³/mol. The van der Waals surface area contributed by atoms with Gasteiger partial charge >= 0.3 is 0 Å². The van der Waals surface area contributed by atoms with Crippen molar-refractivity contribution in [3.8, 4) is 0 Å². The van der Waals surface area contributed by atoms with Crippen LogP contribution < -0.4 is 4.90 Å². The van der Waals surface area contributed by atoms with E-state index in [0.29, 0.717) is 5.28 Å². The number of nitrogens with zero attached hydrogens (tertiary/aromatic N) is 3. The molecule has 0 radical (unpaired) electrons. The van der Waals surface area contributed by atoms with Crippen molar-refractivity contribution < 1.29 is 0 Å². The fourth-order valence-electron chi connectivity index (χ4n) is 1.51. The van der Waals surface area contributed by atoms with E-state index in [1.165, 1.54) is 4.88 Å². The monoisotopic (exact) mass is 253 g/mol. The summed E-state index contributed by atoms with van der Waals surface area (Å²) in [5.41, 5.74) is 1.03. The topological polar surface area (TPSA) is 29.0 Å².